The van der Waals surface area contributed by atoms with Gasteiger partial charge in [-0.15, -0.1) is 11.3 Å². The van der Waals surface area contributed by atoms with Crippen molar-refractivity contribution in [3.05, 3.63) is 62.2 Å². The van der Waals surface area contributed by atoms with Crippen LogP contribution in [0.5, 0.6) is 0 Å². The van der Waals surface area contributed by atoms with E-state index < -0.39 is 28.7 Å². The van der Waals surface area contributed by atoms with Crippen LogP contribution in [-0.2, 0) is 9.53 Å². The maximum Gasteiger partial charge on any atom is 0.338 e. The van der Waals surface area contributed by atoms with Crippen LogP contribution in [0.3, 0.4) is 0 Å². The maximum atomic E-state index is 14.0. The Bertz CT molecular complexity index is 918. The van der Waals surface area contributed by atoms with Crippen molar-refractivity contribution in [3.8, 4) is 0 Å². The minimum absolute atomic E-state index is 0.151. The maximum absolute atomic E-state index is 14.0. The number of hydrogen-bond acceptors (Lipinski definition) is 6. The van der Waals surface area contributed by atoms with Crippen molar-refractivity contribution in [1.29, 1.82) is 0 Å². The third-order valence-corrected chi connectivity index (χ3v) is 5.38. The Kier molecular flexibility index (Phi) is 5.69. The van der Waals surface area contributed by atoms with Crippen LogP contribution in [0, 0.1) is 11.6 Å². The predicted octanol–water partition coefficient (Wildman–Crippen LogP) is 3.99. The zero-order valence-electron chi connectivity index (χ0n) is 13.2. The van der Waals surface area contributed by atoms with Crippen LogP contribution in [0.4, 0.5) is 8.78 Å². The smallest absolute Gasteiger partial charge is 0.338 e. The standard InChI is InChI=1S/C16H11BrClF2N3O2S/c1-25-16(24)10-9(6-17)22-14(15-21-4-5-26-15)23-13(10)7-2-3-8(19)12(20)11(7)18/h2-5,13H,6H2,1H3,(H,22,23)/t13-/m0/s1. The van der Waals surface area contributed by atoms with Gasteiger partial charge in [0.25, 0.3) is 0 Å². The number of esters is 1. The zero-order chi connectivity index (χ0) is 18.8. The molecular weight excluding hydrogens is 452 g/mol. The fourth-order valence-corrected chi connectivity index (χ4v) is 3.76. The minimum atomic E-state index is -1.20. The summed E-state index contributed by atoms with van der Waals surface area (Å²) < 4.78 is 32.3. The van der Waals surface area contributed by atoms with E-state index in [0.717, 1.165) is 6.07 Å². The number of nitrogens with one attached hydrogen (secondary N) is 1. The molecule has 26 heavy (non-hydrogen) atoms. The number of methoxy groups -OCH3 is 1. The molecule has 136 valence electrons. The summed E-state index contributed by atoms with van der Waals surface area (Å²) in [5, 5.41) is 5.23. The number of thiazole rings is 1. The van der Waals surface area contributed by atoms with Gasteiger partial charge in [-0.1, -0.05) is 33.6 Å². The lowest BCUT2D eigenvalue weighted by molar-refractivity contribution is -0.136. The molecule has 0 fully saturated rings. The Hall–Kier alpha value is -1.84. The summed E-state index contributed by atoms with van der Waals surface area (Å²) in [7, 11) is 1.23. The molecule has 1 N–H and O–H groups in total. The van der Waals surface area contributed by atoms with Crippen molar-refractivity contribution in [3.63, 3.8) is 0 Å². The number of aliphatic imine (C=N–C) groups is 1. The number of ether oxygens (including phenoxy) is 1. The second-order valence-corrected chi connectivity index (χ2v) is 6.96. The monoisotopic (exact) mass is 461 g/mol. The first kappa shape index (κ1) is 18.9. The number of carbonyl (C=O) groups is 1. The van der Waals surface area contributed by atoms with Gasteiger partial charge in [0.1, 0.15) is 6.04 Å². The number of alkyl halides is 1. The van der Waals surface area contributed by atoms with Crippen molar-refractivity contribution in [2.24, 2.45) is 4.99 Å². The number of aromatic nitrogens is 1. The number of carbonyl (C=O) groups excluding carboxylic acids is 1. The molecule has 3 rings (SSSR count). The van der Waals surface area contributed by atoms with Crippen LogP contribution in [0.25, 0.3) is 0 Å². The molecule has 1 atom stereocenters. The van der Waals surface area contributed by atoms with E-state index in [0.29, 0.717) is 16.5 Å². The summed E-state index contributed by atoms with van der Waals surface area (Å²) in [6.07, 6.45) is 1.61. The molecule has 0 saturated carbocycles. The van der Waals surface area contributed by atoms with E-state index in [4.69, 9.17) is 16.3 Å². The number of rotatable bonds is 4. The van der Waals surface area contributed by atoms with Gasteiger partial charge < -0.3 is 10.1 Å². The van der Waals surface area contributed by atoms with Gasteiger partial charge in [0, 0.05) is 28.2 Å². The van der Waals surface area contributed by atoms with Crippen molar-refractivity contribution in [2.45, 2.75) is 6.04 Å². The third-order valence-electron chi connectivity index (χ3n) is 3.66. The van der Waals surface area contributed by atoms with E-state index in [-0.39, 0.29) is 16.5 Å². The topological polar surface area (TPSA) is 63.6 Å². The summed E-state index contributed by atoms with van der Waals surface area (Å²) >= 11 is 10.7. The van der Waals surface area contributed by atoms with Crippen LogP contribution in [-0.4, -0.2) is 29.2 Å². The Morgan fingerprint density at radius 1 is 1.46 bits per heavy atom. The first-order valence-electron chi connectivity index (χ1n) is 7.23. The highest BCUT2D eigenvalue weighted by atomic mass is 79.9. The Labute approximate surface area is 164 Å². The molecule has 0 aliphatic carbocycles. The lowest BCUT2D eigenvalue weighted by atomic mass is 9.95. The fraction of sp³-hybridized carbons (Fsp3) is 0.188. The van der Waals surface area contributed by atoms with Gasteiger partial charge in [-0.05, 0) is 6.07 Å². The van der Waals surface area contributed by atoms with Crippen LogP contribution in [0.15, 0.2) is 40.0 Å². The van der Waals surface area contributed by atoms with Crippen LogP contribution >= 0.6 is 38.9 Å². The molecule has 0 bridgehead atoms. The van der Waals surface area contributed by atoms with Gasteiger partial charge >= 0.3 is 5.97 Å². The van der Waals surface area contributed by atoms with E-state index in [1.807, 2.05) is 0 Å². The second kappa shape index (κ2) is 7.81. The molecular formula is C16H11BrClF2N3O2S. The molecule has 10 heteroatoms. The molecule has 5 nitrogen and oxygen atoms in total. The van der Waals surface area contributed by atoms with Gasteiger partial charge in [0.2, 0.25) is 0 Å². The highest BCUT2D eigenvalue weighted by Crippen LogP contribution is 2.38. The van der Waals surface area contributed by atoms with Crippen LogP contribution < -0.4 is 5.32 Å². The van der Waals surface area contributed by atoms with Gasteiger partial charge in [-0.3, -0.25) is 4.99 Å². The number of halogens is 4. The number of amidine groups is 1. The fourth-order valence-electron chi connectivity index (χ4n) is 2.48. The summed E-state index contributed by atoms with van der Waals surface area (Å²) in [6.45, 7) is 0. The second-order valence-electron chi connectivity index (χ2n) is 5.12. The average molecular weight is 463 g/mol. The molecule has 1 aromatic heterocycles. The summed E-state index contributed by atoms with van der Waals surface area (Å²) in [5.41, 5.74) is 0.778. The van der Waals surface area contributed by atoms with E-state index in [2.05, 4.69) is 31.2 Å². The SMILES string of the molecule is COC(=O)C1=C(CBr)NC(c2nccs2)=N[C@H]1c1ccc(F)c(F)c1Cl. The lowest BCUT2D eigenvalue weighted by Gasteiger charge is -2.26. The number of hydrogen-bond donors (Lipinski definition) is 1. The quantitative estimate of drug-likeness (QED) is 0.424. The van der Waals surface area contributed by atoms with Gasteiger partial charge in [0.15, 0.2) is 22.5 Å². The molecule has 2 aromatic rings. The molecule has 0 spiro atoms. The largest absolute Gasteiger partial charge is 0.466 e. The van der Waals surface area contributed by atoms with E-state index >= 15 is 0 Å². The van der Waals surface area contributed by atoms with Crippen molar-refractivity contribution >= 4 is 50.7 Å². The first-order valence-corrected chi connectivity index (χ1v) is 9.61. The van der Waals surface area contributed by atoms with Gasteiger partial charge in [-0.2, -0.15) is 0 Å². The summed E-state index contributed by atoms with van der Waals surface area (Å²) in [4.78, 5) is 21.0. The first-order chi connectivity index (χ1) is 12.5. The van der Waals surface area contributed by atoms with Gasteiger partial charge in [0.05, 0.1) is 17.7 Å². The molecule has 1 aliphatic rings. The summed E-state index contributed by atoms with van der Waals surface area (Å²) in [5.74, 6) is -2.54. The van der Waals surface area contributed by atoms with Gasteiger partial charge in [-0.25, -0.2) is 18.6 Å². The van der Waals surface area contributed by atoms with Crippen LogP contribution in [0.2, 0.25) is 5.02 Å². The Morgan fingerprint density at radius 3 is 2.85 bits per heavy atom. The zero-order valence-corrected chi connectivity index (χ0v) is 16.4. The van der Waals surface area contributed by atoms with Crippen molar-refractivity contribution < 1.29 is 18.3 Å². The normalized spacial score (nSPS) is 17.0. The number of nitrogens with zero attached hydrogens (tertiary/aromatic N) is 2. The minimum Gasteiger partial charge on any atom is -0.466 e. The highest BCUT2D eigenvalue weighted by molar-refractivity contribution is 9.09. The predicted molar refractivity (Wildman–Crippen MR) is 98.7 cm³/mol. The molecule has 0 unspecified atom stereocenters. The van der Waals surface area contributed by atoms with E-state index in [1.165, 1.54) is 24.5 Å². The molecule has 1 aromatic carbocycles. The van der Waals surface area contributed by atoms with E-state index in [9.17, 15) is 13.6 Å². The van der Waals surface area contributed by atoms with Crippen molar-refractivity contribution in [1.82, 2.24) is 10.3 Å². The average Bonchev–Trinajstić information content (AvgIpc) is 3.19. The summed E-state index contributed by atoms with van der Waals surface area (Å²) in [6, 6.07) is 1.27. The molecule has 0 saturated heterocycles. The number of benzene rings is 1. The number of allylic oxidation sites excluding steroid dienone is 1. The molecule has 0 amide bonds. The Morgan fingerprint density at radius 2 is 2.23 bits per heavy atom. The Balaban J connectivity index is 2.21. The third kappa shape index (κ3) is 3.38. The molecule has 0 radical (unpaired) electrons. The molecule has 1 aliphatic heterocycles. The lowest BCUT2D eigenvalue weighted by Crippen LogP contribution is -2.34. The van der Waals surface area contributed by atoms with E-state index in [1.54, 1.807) is 11.6 Å². The highest BCUT2D eigenvalue weighted by Gasteiger charge is 2.34. The van der Waals surface area contributed by atoms with Crippen molar-refractivity contribution in [2.75, 3.05) is 12.4 Å². The molecule has 2 heterocycles. The van der Waals surface area contributed by atoms with Crippen LogP contribution in [0.1, 0.15) is 16.6 Å².